The van der Waals surface area contributed by atoms with Crippen LogP contribution in [-0.2, 0) is 11.8 Å². The summed E-state index contributed by atoms with van der Waals surface area (Å²) in [5.41, 5.74) is 0. The van der Waals surface area contributed by atoms with Crippen molar-refractivity contribution in [3.63, 3.8) is 0 Å². The summed E-state index contributed by atoms with van der Waals surface area (Å²) >= 11 is 6.14. The minimum atomic E-state index is -1.93. The lowest BCUT2D eigenvalue weighted by Gasteiger charge is -2.26. The second kappa shape index (κ2) is 6.85. The van der Waals surface area contributed by atoms with Crippen LogP contribution in [0, 0.1) is 0 Å². The SMILES string of the molecule is S=P(NC[C@@H]1CCCN1)(c1ccccc1)c1ccccc1. The minimum absolute atomic E-state index is 0.555. The van der Waals surface area contributed by atoms with Gasteiger partial charge in [0.25, 0.3) is 0 Å². The third-order valence-electron chi connectivity index (χ3n) is 3.96. The van der Waals surface area contributed by atoms with E-state index in [9.17, 15) is 0 Å². The molecule has 0 radical (unpaired) electrons. The lowest BCUT2D eigenvalue weighted by Crippen LogP contribution is -2.36. The predicted molar refractivity (Wildman–Crippen MR) is 95.5 cm³/mol. The molecule has 1 heterocycles. The van der Waals surface area contributed by atoms with Crippen molar-refractivity contribution in [2.75, 3.05) is 13.1 Å². The van der Waals surface area contributed by atoms with E-state index in [1.54, 1.807) is 0 Å². The van der Waals surface area contributed by atoms with Crippen LogP contribution in [-0.4, -0.2) is 19.1 Å². The van der Waals surface area contributed by atoms with Gasteiger partial charge in [0.2, 0.25) is 0 Å². The Balaban J connectivity index is 1.89. The van der Waals surface area contributed by atoms with E-state index in [4.69, 9.17) is 11.8 Å². The van der Waals surface area contributed by atoms with Gasteiger partial charge in [0, 0.05) is 23.2 Å². The zero-order valence-electron chi connectivity index (χ0n) is 12.0. The van der Waals surface area contributed by atoms with Crippen molar-refractivity contribution in [2.24, 2.45) is 0 Å². The molecule has 0 unspecified atom stereocenters. The van der Waals surface area contributed by atoms with Crippen molar-refractivity contribution >= 4 is 28.6 Å². The molecule has 0 spiro atoms. The highest BCUT2D eigenvalue weighted by Crippen LogP contribution is 2.38. The number of hydrogen-bond donors (Lipinski definition) is 2. The lowest BCUT2D eigenvalue weighted by atomic mass is 10.2. The molecule has 0 saturated carbocycles. The Bertz CT molecular complexity index is 566. The molecule has 1 atom stereocenters. The van der Waals surface area contributed by atoms with Gasteiger partial charge >= 0.3 is 0 Å². The first-order valence-corrected chi connectivity index (χ1v) is 10.3. The fourth-order valence-electron chi connectivity index (χ4n) is 2.78. The van der Waals surface area contributed by atoms with Gasteiger partial charge in [0.15, 0.2) is 0 Å². The molecule has 3 rings (SSSR count). The minimum Gasteiger partial charge on any atom is -0.313 e. The maximum absolute atomic E-state index is 6.14. The van der Waals surface area contributed by atoms with E-state index >= 15 is 0 Å². The first kappa shape index (κ1) is 14.9. The fourth-order valence-corrected chi connectivity index (χ4v) is 6.06. The van der Waals surface area contributed by atoms with Gasteiger partial charge in [0.05, 0.1) is 6.19 Å². The summed E-state index contributed by atoms with van der Waals surface area (Å²) in [6, 6.07) is 21.6. The molecule has 4 heteroatoms. The van der Waals surface area contributed by atoms with E-state index in [2.05, 4.69) is 58.9 Å². The van der Waals surface area contributed by atoms with Gasteiger partial charge in [0.1, 0.15) is 0 Å². The van der Waals surface area contributed by atoms with Crippen LogP contribution in [0.2, 0.25) is 0 Å². The standard InChI is InChI=1S/C17H21N2PS/c21-20(16-9-3-1-4-10-16,17-11-5-2-6-12-17)19-14-15-8-7-13-18-15/h1-6,9-12,15,18H,7-8,13-14H2,(H,19,21)/t15-/m0/s1. The van der Waals surface area contributed by atoms with Gasteiger partial charge in [-0.25, -0.2) is 0 Å². The molecule has 1 fully saturated rings. The molecule has 2 aromatic carbocycles. The molecular weight excluding hydrogens is 295 g/mol. The van der Waals surface area contributed by atoms with Crippen molar-refractivity contribution in [3.8, 4) is 0 Å². The van der Waals surface area contributed by atoms with E-state index in [0.717, 1.165) is 13.1 Å². The molecule has 0 bridgehead atoms. The number of rotatable bonds is 5. The van der Waals surface area contributed by atoms with E-state index in [1.807, 2.05) is 12.1 Å². The Hall–Kier alpha value is -0.990. The predicted octanol–water partition coefficient (Wildman–Crippen LogP) is 2.37. The summed E-state index contributed by atoms with van der Waals surface area (Å²) < 4.78 is 0. The summed E-state index contributed by atoms with van der Waals surface area (Å²) in [4.78, 5) is 0. The molecule has 2 N–H and O–H groups in total. The Kier molecular flexibility index (Phi) is 4.87. The van der Waals surface area contributed by atoms with Gasteiger partial charge in [-0.05, 0) is 19.4 Å². The van der Waals surface area contributed by atoms with E-state index in [-0.39, 0.29) is 0 Å². The number of nitrogens with one attached hydrogen (secondary N) is 2. The summed E-state index contributed by atoms with van der Waals surface area (Å²) in [5, 5.41) is 9.76. The van der Waals surface area contributed by atoms with Crippen LogP contribution in [0.15, 0.2) is 60.7 Å². The molecular formula is C17H21N2PS. The topological polar surface area (TPSA) is 24.1 Å². The molecule has 1 aliphatic heterocycles. The molecule has 2 aromatic rings. The second-order valence-electron chi connectivity index (χ2n) is 5.44. The fraction of sp³-hybridized carbons (Fsp3) is 0.294. The molecule has 110 valence electrons. The maximum Gasteiger partial charge on any atom is 0.0684 e. The molecule has 0 amide bonds. The molecule has 21 heavy (non-hydrogen) atoms. The quantitative estimate of drug-likeness (QED) is 0.828. The van der Waals surface area contributed by atoms with Gasteiger partial charge < -0.3 is 5.32 Å². The molecule has 0 aliphatic carbocycles. The molecule has 1 aliphatic rings. The van der Waals surface area contributed by atoms with Gasteiger partial charge in [-0.2, -0.15) is 0 Å². The van der Waals surface area contributed by atoms with E-state index in [0.29, 0.717) is 6.04 Å². The first-order chi connectivity index (χ1) is 10.3. The van der Waals surface area contributed by atoms with Gasteiger partial charge in [-0.3, -0.25) is 5.09 Å². The summed E-state index contributed by atoms with van der Waals surface area (Å²) in [6.07, 6.45) is 0.579. The van der Waals surface area contributed by atoms with Crippen molar-refractivity contribution in [1.29, 1.82) is 0 Å². The number of hydrogen-bond acceptors (Lipinski definition) is 2. The highest BCUT2D eigenvalue weighted by atomic mass is 32.4. The second-order valence-corrected chi connectivity index (χ2v) is 9.65. The third-order valence-corrected chi connectivity index (χ3v) is 8.29. The average Bonchev–Trinajstić information content (AvgIpc) is 3.08. The van der Waals surface area contributed by atoms with Crippen LogP contribution >= 0.6 is 6.19 Å². The average molecular weight is 316 g/mol. The van der Waals surface area contributed by atoms with Crippen LogP contribution in [0.3, 0.4) is 0 Å². The van der Waals surface area contributed by atoms with Crippen molar-refractivity contribution < 1.29 is 0 Å². The molecule has 0 aromatic heterocycles. The summed E-state index contributed by atoms with van der Waals surface area (Å²) in [5.74, 6) is 0. The third kappa shape index (κ3) is 3.44. The lowest BCUT2D eigenvalue weighted by molar-refractivity contribution is 0.598. The maximum atomic E-state index is 6.14. The van der Waals surface area contributed by atoms with Gasteiger partial charge in [-0.1, -0.05) is 72.5 Å². The van der Waals surface area contributed by atoms with Crippen LogP contribution in [0.5, 0.6) is 0 Å². The zero-order chi connectivity index (χ0) is 14.5. The van der Waals surface area contributed by atoms with Crippen molar-refractivity contribution in [3.05, 3.63) is 60.7 Å². The van der Waals surface area contributed by atoms with Gasteiger partial charge in [-0.15, -0.1) is 0 Å². The Labute approximate surface area is 132 Å². The Morgan fingerprint density at radius 3 is 2.05 bits per heavy atom. The Morgan fingerprint density at radius 2 is 1.57 bits per heavy atom. The van der Waals surface area contributed by atoms with Crippen molar-refractivity contribution in [2.45, 2.75) is 18.9 Å². The van der Waals surface area contributed by atoms with Crippen molar-refractivity contribution in [1.82, 2.24) is 10.4 Å². The first-order valence-electron chi connectivity index (χ1n) is 7.49. The van der Waals surface area contributed by atoms with E-state index in [1.165, 1.54) is 23.5 Å². The highest BCUT2D eigenvalue weighted by Gasteiger charge is 2.23. The molecule has 1 saturated heterocycles. The summed E-state index contributed by atoms with van der Waals surface area (Å²) in [6.45, 7) is 2.08. The van der Waals surface area contributed by atoms with Crippen LogP contribution in [0.4, 0.5) is 0 Å². The monoisotopic (exact) mass is 316 g/mol. The van der Waals surface area contributed by atoms with Crippen LogP contribution in [0.1, 0.15) is 12.8 Å². The zero-order valence-corrected chi connectivity index (χ0v) is 13.7. The largest absolute Gasteiger partial charge is 0.313 e. The Morgan fingerprint density at radius 1 is 1.00 bits per heavy atom. The summed E-state index contributed by atoms with van der Waals surface area (Å²) in [7, 11) is 0. The normalized spacial score (nSPS) is 18.8. The van der Waals surface area contributed by atoms with Crippen LogP contribution < -0.4 is 21.0 Å². The van der Waals surface area contributed by atoms with Crippen LogP contribution in [0.25, 0.3) is 0 Å². The smallest absolute Gasteiger partial charge is 0.0684 e. The van der Waals surface area contributed by atoms with E-state index < -0.39 is 6.19 Å². The number of benzene rings is 2. The highest BCUT2D eigenvalue weighted by molar-refractivity contribution is 8.20. The molecule has 2 nitrogen and oxygen atoms in total.